The maximum Gasteiger partial charge on any atom is 0.158 e. The van der Waals surface area contributed by atoms with Gasteiger partial charge in [0.05, 0.1) is 24.8 Å². The first-order valence-corrected chi connectivity index (χ1v) is 11.1. The third-order valence-electron chi connectivity index (χ3n) is 6.08. The maximum atomic E-state index is 13.3. The molecule has 33 heavy (non-hydrogen) atoms. The lowest BCUT2D eigenvalue weighted by atomic mass is 10.0. The predicted molar refractivity (Wildman–Crippen MR) is 126 cm³/mol. The van der Waals surface area contributed by atoms with E-state index in [0.29, 0.717) is 0 Å². The number of halogens is 1. The summed E-state index contributed by atoms with van der Waals surface area (Å²) in [4.78, 5) is 9.19. The molecule has 4 aromatic rings. The Balaban J connectivity index is 1.47. The van der Waals surface area contributed by atoms with Crippen molar-refractivity contribution in [3.63, 3.8) is 0 Å². The Labute approximate surface area is 192 Å². The first-order valence-electron chi connectivity index (χ1n) is 11.1. The van der Waals surface area contributed by atoms with Crippen molar-refractivity contribution in [2.75, 3.05) is 7.11 Å². The highest BCUT2D eigenvalue weighted by Crippen LogP contribution is 2.32. The molecule has 2 aromatic heterocycles. The van der Waals surface area contributed by atoms with Crippen LogP contribution in [0.15, 0.2) is 55.0 Å². The van der Waals surface area contributed by atoms with Crippen molar-refractivity contribution in [2.45, 2.75) is 39.2 Å². The van der Waals surface area contributed by atoms with Crippen LogP contribution in [0.25, 0.3) is 17.3 Å². The number of hydrogen-bond donors (Lipinski definition) is 0. The van der Waals surface area contributed by atoms with Crippen molar-refractivity contribution in [1.29, 1.82) is 0 Å². The van der Waals surface area contributed by atoms with E-state index in [1.165, 1.54) is 12.1 Å². The molecule has 1 atom stereocenters. The monoisotopic (exact) mass is 443 g/mol. The number of hydrogen-bond acceptors (Lipinski definition) is 4. The molecule has 1 aliphatic rings. The van der Waals surface area contributed by atoms with Gasteiger partial charge in [-0.15, -0.1) is 0 Å². The normalized spacial score (nSPS) is 15.5. The van der Waals surface area contributed by atoms with Crippen molar-refractivity contribution in [2.24, 2.45) is 0 Å². The smallest absolute Gasteiger partial charge is 0.158 e. The van der Waals surface area contributed by atoms with Gasteiger partial charge in [-0.2, -0.15) is 5.10 Å². The quantitative estimate of drug-likeness (QED) is 0.414. The number of aromatic nitrogens is 5. The molecule has 0 unspecified atom stereocenters. The molecule has 168 valence electrons. The number of benzene rings is 2. The zero-order valence-electron chi connectivity index (χ0n) is 19.0. The Hall–Kier alpha value is -3.74. The minimum atomic E-state index is -0.238. The average molecular weight is 444 g/mol. The second-order valence-corrected chi connectivity index (χ2v) is 8.42. The van der Waals surface area contributed by atoms with E-state index in [4.69, 9.17) is 14.8 Å². The second kappa shape index (κ2) is 8.65. The number of nitrogens with zero attached hydrogens (tertiary/aromatic N) is 5. The molecule has 0 spiro atoms. The molecule has 0 saturated carbocycles. The SMILES string of the molecule is COc1cc(/C=C2\CCCn3nc([C@H](C)c4ccc(F)cc4)nc32)ccc1-n1cnc(C)c1. The topological polar surface area (TPSA) is 57.8 Å². The number of aryl methyl sites for hydroxylation is 2. The highest BCUT2D eigenvalue weighted by atomic mass is 19.1. The number of fused-ring (bicyclic) bond motifs is 1. The van der Waals surface area contributed by atoms with Gasteiger partial charge in [-0.1, -0.05) is 25.1 Å². The van der Waals surface area contributed by atoms with Crippen LogP contribution in [-0.2, 0) is 6.54 Å². The second-order valence-electron chi connectivity index (χ2n) is 8.42. The molecule has 0 radical (unpaired) electrons. The molecular formula is C26H26FN5O. The van der Waals surface area contributed by atoms with Gasteiger partial charge in [0.2, 0.25) is 0 Å². The van der Waals surface area contributed by atoms with Crippen molar-refractivity contribution in [3.8, 4) is 11.4 Å². The molecule has 0 aliphatic carbocycles. The van der Waals surface area contributed by atoms with E-state index in [-0.39, 0.29) is 11.7 Å². The molecule has 6 nitrogen and oxygen atoms in total. The molecule has 0 bridgehead atoms. The fraction of sp³-hybridized carbons (Fsp3) is 0.269. The van der Waals surface area contributed by atoms with Crippen LogP contribution in [0.2, 0.25) is 0 Å². The summed E-state index contributed by atoms with van der Waals surface area (Å²) < 4.78 is 22.9. The van der Waals surface area contributed by atoms with Crippen molar-refractivity contribution in [3.05, 3.63) is 89.3 Å². The van der Waals surface area contributed by atoms with E-state index >= 15 is 0 Å². The first kappa shape index (κ1) is 21.1. The lowest BCUT2D eigenvalue weighted by Gasteiger charge is -2.16. The van der Waals surface area contributed by atoms with Gasteiger partial charge in [0.25, 0.3) is 0 Å². The Bertz CT molecular complexity index is 1320. The van der Waals surface area contributed by atoms with Gasteiger partial charge in [0.15, 0.2) is 11.6 Å². The molecule has 2 aromatic carbocycles. The van der Waals surface area contributed by atoms with E-state index in [9.17, 15) is 4.39 Å². The summed E-state index contributed by atoms with van der Waals surface area (Å²) in [6.07, 6.45) is 7.88. The minimum Gasteiger partial charge on any atom is -0.495 e. The van der Waals surface area contributed by atoms with Crippen LogP contribution in [0.3, 0.4) is 0 Å². The molecule has 7 heteroatoms. The van der Waals surface area contributed by atoms with E-state index in [2.05, 4.69) is 24.1 Å². The molecule has 0 fully saturated rings. The zero-order valence-corrected chi connectivity index (χ0v) is 19.0. The van der Waals surface area contributed by atoms with E-state index in [1.54, 1.807) is 25.6 Å². The van der Waals surface area contributed by atoms with Crippen molar-refractivity contribution < 1.29 is 9.13 Å². The molecule has 3 heterocycles. The third-order valence-corrected chi connectivity index (χ3v) is 6.08. The summed E-state index contributed by atoms with van der Waals surface area (Å²) in [5.41, 5.74) is 5.10. The zero-order chi connectivity index (χ0) is 22.9. The van der Waals surface area contributed by atoms with Crippen LogP contribution in [0.4, 0.5) is 4.39 Å². The molecular weight excluding hydrogens is 417 g/mol. The molecule has 0 N–H and O–H groups in total. The Kier molecular flexibility index (Phi) is 5.54. The van der Waals surface area contributed by atoms with Crippen LogP contribution < -0.4 is 4.74 Å². The van der Waals surface area contributed by atoms with Gasteiger partial charge in [-0.05, 0) is 66.8 Å². The lowest BCUT2D eigenvalue weighted by Crippen LogP contribution is -2.11. The maximum absolute atomic E-state index is 13.3. The van der Waals surface area contributed by atoms with Gasteiger partial charge >= 0.3 is 0 Å². The Morgan fingerprint density at radius 2 is 1.97 bits per heavy atom. The number of imidazole rings is 1. The fourth-order valence-corrected chi connectivity index (χ4v) is 4.26. The summed E-state index contributed by atoms with van der Waals surface area (Å²) in [7, 11) is 1.68. The van der Waals surface area contributed by atoms with Crippen molar-refractivity contribution in [1.82, 2.24) is 24.3 Å². The average Bonchev–Trinajstić information content (AvgIpc) is 3.46. The van der Waals surface area contributed by atoms with Crippen molar-refractivity contribution >= 4 is 11.6 Å². The van der Waals surface area contributed by atoms with Crippen LogP contribution in [0.1, 0.15) is 54.2 Å². The summed E-state index contributed by atoms with van der Waals surface area (Å²) in [5.74, 6) is 2.19. The van der Waals surface area contributed by atoms with Crippen LogP contribution in [0, 0.1) is 12.7 Å². The molecule has 1 aliphatic heterocycles. The molecule has 0 amide bonds. The standard InChI is InChI=1S/C26H26FN5O/c1-17-15-31(16-28-17)23-11-6-19(14-24(23)33-3)13-21-5-4-12-32-26(21)29-25(30-32)18(2)20-7-9-22(27)10-8-20/h6-11,13-16,18H,4-5,12H2,1-3H3/b21-13+/t18-/m1/s1. The largest absolute Gasteiger partial charge is 0.495 e. The molecule has 0 saturated heterocycles. The van der Waals surface area contributed by atoms with E-state index < -0.39 is 0 Å². The number of methoxy groups -OCH3 is 1. The Morgan fingerprint density at radius 3 is 2.70 bits per heavy atom. The first-order chi connectivity index (χ1) is 16.0. The summed E-state index contributed by atoms with van der Waals surface area (Å²) in [6, 6.07) is 12.7. The number of ether oxygens (including phenoxy) is 1. The predicted octanol–water partition coefficient (Wildman–Crippen LogP) is 5.41. The van der Waals surface area contributed by atoms with Crippen LogP contribution in [-0.4, -0.2) is 31.4 Å². The van der Waals surface area contributed by atoms with E-state index in [1.807, 2.05) is 34.5 Å². The third kappa shape index (κ3) is 4.18. The fourth-order valence-electron chi connectivity index (χ4n) is 4.26. The Morgan fingerprint density at radius 1 is 1.15 bits per heavy atom. The van der Waals surface area contributed by atoms with Gasteiger partial charge in [-0.25, -0.2) is 19.0 Å². The van der Waals surface area contributed by atoms with E-state index in [0.717, 1.165) is 64.9 Å². The molecule has 5 rings (SSSR count). The highest BCUT2D eigenvalue weighted by Gasteiger charge is 2.22. The van der Waals surface area contributed by atoms with Gasteiger partial charge in [0.1, 0.15) is 11.6 Å². The summed E-state index contributed by atoms with van der Waals surface area (Å²) >= 11 is 0. The van der Waals surface area contributed by atoms with Crippen LogP contribution in [0.5, 0.6) is 5.75 Å². The van der Waals surface area contributed by atoms with Gasteiger partial charge in [-0.3, -0.25) is 0 Å². The lowest BCUT2D eigenvalue weighted by molar-refractivity contribution is 0.413. The minimum absolute atomic E-state index is 0.0111. The summed E-state index contributed by atoms with van der Waals surface area (Å²) in [6.45, 7) is 4.86. The highest BCUT2D eigenvalue weighted by molar-refractivity contribution is 5.80. The number of rotatable bonds is 5. The summed E-state index contributed by atoms with van der Waals surface area (Å²) in [5, 5.41) is 4.77. The van der Waals surface area contributed by atoms with Crippen LogP contribution >= 0.6 is 0 Å². The number of allylic oxidation sites excluding steroid dienone is 1. The van der Waals surface area contributed by atoms with Gasteiger partial charge in [0, 0.05) is 18.7 Å². The van der Waals surface area contributed by atoms with Gasteiger partial charge < -0.3 is 9.30 Å².